The molecule has 7 heteroatoms. The molecule has 0 aliphatic carbocycles. The van der Waals surface area contributed by atoms with Crippen molar-refractivity contribution in [3.05, 3.63) is 42.0 Å². The summed E-state index contributed by atoms with van der Waals surface area (Å²) in [4.78, 5) is 16.4. The van der Waals surface area contributed by atoms with Crippen molar-refractivity contribution in [3.8, 4) is 5.69 Å². The van der Waals surface area contributed by atoms with Crippen LogP contribution in [0, 0.1) is 6.92 Å². The van der Waals surface area contributed by atoms with E-state index >= 15 is 0 Å². The van der Waals surface area contributed by atoms with Crippen molar-refractivity contribution >= 4 is 18.3 Å². The largest absolute Gasteiger partial charge is 0.349 e. The van der Waals surface area contributed by atoms with Gasteiger partial charge in [-0.25, -0.2) is 9.67 Å². The predicted octanol–water partition coefficient (Wildman–Crippen LogP) is 1.87. The van der Waals surface area contributed by atoms with Crippen molar-refractivity contribution in [3.63, 3.8) is 0 Å². The van der Waals surface area contributed by atoms with E-state index in [1.165, 1.54) is 6.33 Å². The Labute approximate surface area is 142 Å². The molecule has 2 heterocycles. The minimum absolute atomic E-state index is 0. The van der Waals surface area contributed by atoms with Gasteiger partial charge in [0.2, 0.25) is 0 Å². The molecule has 0 radical (unpaired) electrons. The van der Waals surface area contributed by atoms with E-state index < -0.39 is 0 Å². The van der Waals surface area contributed by atoms with Gasteiger partial charge in [-0.1, -0.05) is 0 Å². The van der Waals surface area contributed by atoms with Crippen LogP contribution in [-0.2, 0) is 0 Å². The highest BCUT2D eigenvalue weighted by Gasteiger charge is 2.20. The molecule has 0 bridgehead atoms. The van der Waals surface area contributed by atoms with E-state index in [-0.39, 0.29) is 24.4 Å². The van der Waals surface area contributed by atoms with Crippen LogP contribution in [0.25, 0.3) is 5.69 Å². The second-order valence-electron chi connectivity index (χ2n) is 5.89. The summed E-state index contributed by atoms with van der Waals surface area (Å²) < 4.78 is 1.70. The third-order valence-corrected chi connectivity index (χ3v) is 4.08. The highest BCUT2D eigenvalue weighted by Crippen LogP contribution is 2.16. The van der Waals surface area contributed by atoms with Gasteiger partial charge < -0.3 is 10.6 Å². The minimum Gasteiger partial charge on any atom is -0.349 e. The lowest BCUT2D eigenvalue weighted by atomic mass is 10.00. The van der Waals surface area contributed by atoms with Crippen LogP contribution in [-0.4, -0.2) is 39.3 Å². The van der Waals surface area contributed by atoms with Crippen LogP contribution in [0.5, 0.6) is 0 Å². The van der Waals surface area contributed by atoms with Gasteiger partial charge in [-0.2, -0.15) is 5.10 Å². The molecule has 0 saturated carbocycles. The molecule has 2 unspecified atom stereocenters. The van der Waals surface area contributed by atoms with Crippen molar-refractivity contribution < 1.29 is 4.79 Å². The zero-order chi connectivity index (χ0) is 15.5. The van der Waals surface area contributed by atoms with Crippen LogP contribution in [0.1, 0.15) is 35.7 Å². The first-order valence-electron chi connectivity index (χ1n) is 7.63. The fourth-order valence-electron chi connectivity index (χ4n) is 2.92. The average molecular weight is 336 g/mol. The molecule has 3 rings (SSSR count). The minimum atomic E-state index is -0.00709. The third kappa shape index (κ3) is 4.09. The lowest BCUT2D eigenvalue weighted by Crippen LogP contribution is -2.46. The molecule has 6 nitrogen and oxygen atoms in total. The Kier molecular flexibility index (Phi) is 5.74. The number of nitrogens with zero attached hydrogens (tertiary/aromatic N) is 3. The van der Waals surface area contributed by atoms with E-state index in [9.17, 15) is 4.79 Å². The molecule has 2 atom stereocenters. The maximum absolute atomic E-state index is 12.4. The topological polar surface area (TPSA) is 71.8 Å². The van der Waals surface area contributed by atoms with Gasteiger partial charge in [0, 0.05) is 17.6 Å². The maximum Gasteiger partial charge on any atom is 0.251 e. The summed E-state index contributed by atoms with van der Waals surface area (Å²) >= 11 is 0. The molecule has 124 valence electrons. The summed E-state index contributed by atoms with van der Waals surface area (Å²) in [6, 6.07) is 6.35. The van der Waals surface area contributed by atoms with Crippen molar-refractivity contribution in [2.24, 2.45) is 0 Å². The quantitative estimate of drug-likeness (QED) is 0.898. The molecule has 1 amide bonds. The summed E-state index contributed by atoms with van der Waals surface area (Å²) in [5.74, 6) is -0.00709. The van der Waals surface area contributed by atoms with Gasteiger partial charge in [0.25, 0.3) is 5.91 Å². The second-order valence-corrected chi connectivity index (χ2v) is 5.89. The number of nitrogens with one attached hydrogen (secondary N) is 2. The van der Waals surface area contributed by atoms with Crippen LogP contribution in [0.2, 0.25) is 0 Å². The van der Waals surface area contributed by atoms with Gasteiger partial charge in [-0.15, -0.1) is 12.4 Å². The lowest BCUT2D eigenvalue weighted by Gasteiger charge is -2.28. The van der Waals surface area contributed by atoms with Crippen LogP contribution in [0.4, 0.5) is 0 Å². The van der Waals surface area contributed by atoms with Crippen LogP contribution >= 0.6 is 12.4 Å². The Balaban J connectivity index is 0.00000192. The second kappa shape index (κ2) is 7.57. The summed E-state index contributed by atoms with van der Waals surface area (Å²) in [5, 5.41) is 10.6. The summed E-state index contributed by atoms with van der Waals surface area (Å²) in [5.41, 5.74) is 2.62. The number of aryl methyl sites for hydroxylation is 1. The molecule has 2 N–H and O–H groups in total. The molecule has 0 spiro atoms. The number of carbonyl (C=O) groups excluding carboxylic acids is 1. The van der Waals surface area contributed by atoms with Crippen LogP contribution in [0.15, 0.2) is 30.9 Å². The fraction of sp³-hybridized carbons (Fsp3) is 0.438. The standard InChI is InChI=1S/C16H21N5O.ClH/c1-11-7-13(3-4-15(11)21-10-17-9-19-21)16(22)20-14-5-6-18-12(2)8-14;/h3-4,7,9-10,12,14,18H,5-6,8H2,1-2H3,(H,20,22);1H. The average Bonchev–Trinajstić information content (AvgIpc) is 3.01. The number of amides is 1. The van der Waals surface area contributed by atoms with E-state index in [0.717, 1.165) is 30.6 Å². The van der Waals surface area contributed by atoms with E-state index in [0.29, 0.717) is 11.6 Å². The molecular weight excluding hydrogens is 314 g/mol. The van der Waals surface area contributed by atoms with E-state index in [1.54, 1.807) is 11.0 Å². The Morgan fingerprint density at radius 3 is 2.91 bits per heavy atom. The van der Waals surface area contributed by atoms with Gasteiger partial charge in [-0.05, 0) is 57.0 Å². The molecule has 1 aliphatic rings. The molecule has 1 saturated heterocycles. The summed E-state index contributed by atoms with van der Waals surface area (Å²) in [6.07, 6.45) is 5.10. The van der Waals surface area contributed by atoms with E-state index in [4.69, 9.17) is 0 Å². The molecule has 1 aromatic heterocycles. The first-order chi connectivity index (χ1) is 10.6. The maximum atomic E-state index is 12.4. The molecular formula is C16H22ClN5O. The zero-order valence-electron chi connectivity index (χ0n) is 13.3. The van der Waals surface area contributed by atoms with Gasteiger partial charge in [0.1, 0.15) is 12.7 Å². The van der Waals surface area contributed by atoms with Gasteiger partial charge in [-0.3, -0.25) is 4.79 Å². The van der Waals surface area contributed by atoms with Gasteiger partial charge in [0.05, 0.1) is 5.69 Å². The number of hydrogen-bond donors (Lipinski definition) is 2. The lowest BCUT2D eigenvalue weighted by molar-refractivity contribution is 0.0925. The predicted molar refractivity (Wildman–Crippen MR) is 91.3 cm³/mol. The SMILES string of the molecule is Cc1cc(C(=O)NC2CCNC(C)C2)ccc1-n1cncn1.Cl. The van der Waals surface area contributed by atoms with Crippen LogP contribution < -0.4 is 10.6 Å². The number of hydrogen-bond acceptors (Lipinski definition) is 4. The molecule has 23 heavy (non-hydrogen) atoms. The van der Waals surface area contributed by atoms with Crippen LogP contribution in [0.3, 0.4) is 0 Å². The number of aromatic nitrogens is 3. The highest BCUT2D eigenvalue weighted by molar-refractivity contribution is 5.94. The summed E-state index contributed by atoms with van der Waals surface area (Å²) in [6.45, 7) is 5.08. The van der Waals surface area contributed by atoms with Crippen molar-refractivity contribution in [2.45, 2.75) is 38.8 Å². The number of halogens is 1. The molecule has 2 aromatic rings. The first kappa shape index (κ1) is 17.4. The van der Waals surface area contributed by atoms with Crippen molar-refractivity contribution in [1.29, 1.82) is 0 Å². The Morgan fingerprint density at radius 1 is 1.43 bits per heavy atom. The molecule has 1 aromatic carbocycles. The highest BCUT2D eigenvalue weighted by atomic mass is 35.5. The number of benzene rings is 1. The van der Waals surface area contributed by atoms with E-state index in [1.807, 2.05) is 25.1 Å². The Hall–Kier alpha value is -1.92. The normalized spacial score (nSPS) is 20.6. The van der Waals surface area contributed by atoms with E-state index in [2.05, 4.69) is 27.6 Å². The third-order valence-electron chi connectivity index (χ3n) is 4.08. The zero-order valence-corrected chi connectivity index (χ0v) is 14.1. The smallest absolute Gasteiger partial charge is 0.251 e. The Morgan fingerprint density at radius 2 is 2.26 bits per heavy atom. The van der Waals surface area contributed by atoms with Crippen molar-refractivity contribution in [2.75, 3.05) is 6.54 Å². The molecule has 1 aliphatic heterocycles. The first-order valence-corrected chi connectivity index (χ1v) is 7.63. The monoisotopic (exact) mass is 335 g/mol. The number of piperidine rings is 1. The molecule has 1 fully saturated rings. The van der Waals surface area contributed by atoms with Gasteiger partial charge in [0.15, 0.2) is 0 Å². The fourth-order valence-corrected chi connectivity index (χ4v) is 2.92. The van der Waals surface area contributed by atoms with Crippen molar-refractivity contribution in [1.82, 2.24) is 25.4 Å². The number of rotatable bonds is 3. The van der Waals surface area contributed by atoms with Gasteiger partial charge >= 0.3 is 0 Å². The Bertz CT molecular complexity index is 658. The number of carbonyl (C=O) groups is 1. The summed E-state index contributed by atoms with van der Waals surface area (Å²) in [7, 11) is 0.